The summed E-state index contributed by atoms with van der Waals surface area (Å²) >= 11 is 0. The zero-order valence-corrected chi connectivity index (χ0v) is 13.7. The number of rotatable bonds is 4. The molecular weight excluding hydrogens is 354 g/mol. The Bertz CT molecular complexity index is 1130. The molecule has 0 aliphatic carbocycles. The molecule has 27 heavy (non-hydrogen) atoms. The van der Waals surface area contributed by atoms with E-state index >= 15 is 0 Å². The van der Waals surface area contributed by atoms with Crippen LogP contribution in [-0.4, -0.2) is 20.9 Å². The highest BCUT2D eigenvalue weighted by molar-refractivity contribution is 6.11. The molecule has 0 aliphatic rings. The number of hydrogen-bond donors (Lipinski definition) is 2. The number of anilines is 1. The number of halogens is 2. The van der Waals surface area contributed by atoms with E-state index in [0.717, 1.165) is 12.1 Å². The summed E-state index contributed by atoms with van der Waals surface area (Å²) in [5.74, 6) is -2.19. The highest BCUT2D eigenvalue weighted by Gasteiger charge is 2.16. The van der Waals surface area contributed by atoms with Crippen molar-refractivity contribution in [1.29, 1.82) is 0 Å². The predicted octanol–water partition coefficient (Wildman–Crippen LogP) is 4.28. The first kappa shape index (κ1) is 16.6. The molecule has 0 bridgehead atoms. The molecule has 0 unspecified atom stereocenters. The lowest BCUT2D eigenvalue weighted by atomic mass is 10.2. The number of carbonyl (C=O) groups is 1. The lowest BCUT2D eigenvalue weighted by Gasteiger charge is -2.06. The van der Waals surface area contributed by atoms with E-state index in [2.05, 4.69) is 20.3 Å². The molecule has 1 amide bonds. The fourth-order valence-electron chi connectivity index (χ4n) is 2.49. The number of para-hydroxylation sites is 1. The Labute approximate surface area is 151 Å². The van der Waals surface area contributed by atoms with Crippen LogP contribution >= 0.6 is 0 Å². The highest BCUT2D eigenvalue weighted by Crippen LogP contribution is 2.25. The van der Waals surface area contributed by atoms with E-state index in [1.807, 2.05) is 6.07 Å². The van der Waals surface area contributed by atoms with Gasteiger partial charge in [0.15, 0.2) is 17.2 Å². The maximum Gasteiger partial charge on any atom is 0.259 e. The number of nitrogens with one attached hydrogen (secondary N) is 2. The highest BCUT2D eigenvalue weighted by atomic mass is 19.1. The average molecular weight is 366 g/mol. The van der Waals surface area contributed by atoms with Gasteiger partial charge in [0.05, 0.1) is 11.8 Å². The van der Waals surface area contributed by atoms with Crippen LogP contribution in [0.5, 0.6) is 11.6 Å². The van der Waals surface area contributed by atoms with Gasteiger partial charge in [-0.15, -0.1) is 0 Å². The van der Waals surface area contributed by atoms with E-state index in [4.69, 9.17) is 4.74 Å². The van der Waals surface area contributed by atoms with E-state index < -0.39 is 11.6 Å². The molecule has 2 N–H and O–H groups in total. The Kier molecular flexibility index (Phi) is 4.21. The van der Waals surface area contributed by atoms with Gasteiger partial charge in [-0.1, -0.05) is 18.2 Å². The molecule has 2 heterocycles. The molecule has 0 radical (unpaired) electrons. The molecule has 0 fully saturated rings. The number of aromatic nitrogens is 3. The normalized spacial score (nSPS) is 10.7. The average Bonchev–Trinajstić information content (AvgIpc) is 3.08. The molecule has 6 nitrogen and oxygen atoms in total. The molecule has 0 saturated heterocycles. The molecule has 8 heteroatoms. The molecule has 2 aromatic heterocycles. The van der Waals surface area contributed by atoms with Crippen LogP contribution in [0.1, 0.15) is 10.4 Å². The lowest BCUT2D eigenvalue weighted by molar-refractivity contribution is 0.102. The topological polar surface area (TPSA) is 79.9 Å². The van der Waals surface area contributed by atoms with E-state index in [1.165, 1.54) is 12.4 Å². The predicted molar refractivity (Wildman–Crippen MR) is 94.7 cm³/mol. The van der Waals surface area contributed by atoms with Crippen LogP contribution in [0.3, 0.4) is 0 Å². The number of nitrogens with zero attached hydrogens (tertiary/aromatic N) is 2. The maximum absolute atomic E-state index is 13.8. The number of hydrogen-bond acceptors (Lipinski definition) is 4. The second kappa shape index (κ2) is 6.83. The molecule has 0 atom stereocenters. The Morgan fingerprint density at radius 2 is 1.93 bits per heavy atom. The molecule has 134 valence electrons. The Morgan fingerprint density at radius 3 is 2.70 bits per heavy atom. The molecule has 4 aromatic rings. The summed E-state index contributed by atoms with van der Waals surface area (Å²) in [5.41, 5.74) is 1.53. The first-order valence-corrected chi connectivity index (χ1v) is 7.93. The van der Waals surface area contributed by atoms with Gasteiger partial charge < -0.3 is 15.0 Å². The molecule has 0 aliphatic heterocycles. The molecule has 0 spiro atoms. The summed E-state index contributed by atoms with van der Waals surface area (Å²) in [4.78, 5) is 23.7. The summed E-state index contributed by atoms with van der Waals surface area (Å²) in [6.07, 6.45) is 2.76. The van der Waals surface area contributed by atoms with Crippen molar-refractivity contribution in [3.8, 4) is 11.6 Å². The minimum Gasteiger partial charge on any atom is -0.434 e. The summed E-state index contributed by atoms with van der Waals surface area (Å²) in [6.45, 7) is 0. The van der Waals surface area contributed by atoms with Gasteiger partial charge in [-0.2, -0.15) is 0 Å². The first-order chi connectivity index (χ1) is 13.1. The second-order valence-electron chi connectivity index (χ2n) is 5.60. The minimum atomic E-state index is -0.868. The third kappa shape index (κ3) is 3.45. The van der Waals surface area contributed by atoms with Crippen molar-refractivity contribution in [2.24, 2.45) is 0 Å². The van der Waals surface area contributed by atoms with Crippen LogP contribution in [0, 0.1) is 11.6 Å². The Hall–Kier alpha value is -3.81. The largest absolute Gasteiger partial charge is 0.434 e. The van der Waals surface area contributed by atoms with Crippen molar-refractivity contribution in [2.75, 3.05) is 5.32 Å². The third-order valence-electron chi connectivity index (χ3n) is 3.74. The standard InChI is InChI=1S/C19H12F2N4O2/c20-11-6-7-15(14(21)8-11)27-16-10-23-18-17(25-16)13(9-22-18)19(26)24-12-4-2-1-3-5-12/h1-10H,(H,22,23)(H,24,26). The zero-order valence-electron chi connectivity index (χ0n) is 13.7. The van der Waals surface area contributed by atoms with E-state index in [9.17, 15) is 13.6 Å². The lowest BCUT2D eigenvalue weighted by Crippen LogP contribution is -2.11. The summed E-state index contributed by atoms with van der Waals surface area (Å²) in [6, 6.07) is 11.9. The van der Waals surface area contributed by atoms with Crippen LogP contribution in [-0.2, 0) is 0 Å². The van der Waals surface area contributed by atoms with Gasteiger partial charge in [-0.05, 0) is 24.3 Å². The van der Waals surface area contributed by atoms with E-state index in [0.29, 0.717) is 17.4 Å². The third-order valence-corrected chi connectivity index (χ3v) is 3.74. The van der Waals surface area contributed by atoms with Crippen LogP contribution < -0.4 is 10.1 Å². The summed E-state index contributed by atoms with van der Waals surface area (Å²) < 4.78 is 32.1. The fourth-order valence-corrected chi connectivity index (χ4v) is 2.49. The summed E-state index contributed by atoms with van der Waals surface area (Å²) in [5, 5.41) is 2.75. The van der Waals surface area contributed by atoms with Gasteiger partial charge in [-0.25, -0.2) is 18.7 Å². The first-order valence-electron chi connectivity index (χ1n) is 7.93. The molecular formula is C19H12F2N4O2. The smallest absolute Gasteiger partial charge is 0.259 e. The van der Waals surface area contributed by atoms with Crippen LogP contribution in [0.25, 0.3) is 11.2 Å². The quantitative estimate of drug-likeness (QED) is 0.565. The van der Waals surface area contributed by atoms with Gasteiger partial charge >= 0.3 is 0 Å². The van der Waals surface area contributed by atoms with Crippen molar-refractivity contribution in [2.45, 2.75) is 0 Å². The van der Waals surface area contributed by atoms with Crippen molar-refractivity contribution >= 4 is 22.8 Å². The van der Waals surface area contributed by atoms with Gasteiger partial charge in [0, 0.05) is 18.0 Å². The number of aromatic amines is 1. The number of benzene rings is 2. The van der Waals surface area contributed by atoms with E-state index in [1.54, 1.807) is 24.3 Å². The van der Waals surface area contributed by atoms with E-state index in [-0.39, 0.29) is 28.6 Å². The van der Waals surface area contributed by atoms with Crippen molar-refractivity contribution in [1.82, 2.24) is 15.0 Å². The number of ether oxygens (including phenoxy) is 1. The van der Waals surface area contributed by atoms with Crippen LogP contribution in [0.4, 0.5) is 14.5 Å². The van der Waals surface area contributed by atoms with Crippen molar-refractivity contribution in [3.05, 3.63) is 78.1 Å². The minimum absolute atomic E-state index is 0.0265. The van der Waals surface area contributed by atoms with Crippen LogP contribution in [0.2, 0.25) is 0 Å². The van der Waals surface area contributed by atoms with Gasteiger partial charge in [-0.3, -0.25) is 4.79 Å². The Balaban J connectivity index is 1.63. The SMILES string of the molecule is O=C(Nc1ccccc1)c1c[nH]c2ncc(Oc3ccc(F)cc3F)nc12. The fraction of sp³-hybridized carbons (Fsp3) is 0. The van der Waals surface area contributed by atoms with Crippen LogP contribution in [0.15, 0.2) is 60.9 Å². The van der Waals surface area contributed by atoms with Gasteiger partial charge in [0.1, 0.15) is 11.3 Å². The number of H-pyrrole nitrogens is 1. The number of amides is 1. The Morgan fingerprint density at radius 1 is 1.11 bits per heavy atom. The molecule has 2 aromatic carbocycles. The monoisotopic (exact) mass is 366 g/mol. The van der Waals surface area contributed by atoms with Crippen molar-refractivity contribution < 1.29 is 18.3 Å². The molecule has 0 saturated carbocycles. The number of carbonyl (C=O) groups excluding carboxylic acids is 1. The second-order valence-corrected chi connectivity index (χ2v) is 5.60. The molecule has 4 rings (SSSR count). The van der Waals surface area contributed by atoms with Gasteiger partial charge in [0.2, 0.25) is 5.88 Å². The maximum atomic E-state index is 13.8. The number of fused-ring (bicyclic) bond motifs is 1. The van der Waals surface area contributed by atoms with Gasteiger partial charge in [0.25, 0.3) is 5.91 Å². The zero-order chi connectivity index (χ0) is 18.8. The summed E-state index contributed by atoms with van der Waals surface area (Å²) in [7, 11) is 0. The van der Waals surface area contributed by atoms with Crippen molar-refractivity contribution in [3.63, 3.8) is 0 Å².